The Morgan fingerprint density at radius 2 is 1.95 bits per heavy atom. The Bertz CT molecular complexity index is 584. The average Bonchev–Trinajstić information content (AvgIpc) is 2.47. The van der Waals surface area contributed by atoms with Gasteiger partial charge in [-0.1, -0.05) is 19.9 Å². The number of hydrogen-bond acceptors (Lipinski definition) is 5. The molecule has 1 rings (SSSR count). The Labute approximate surface area is 124 Å². The van der Waals surface area contributed by atoms with Crippen molar-refractivity contribution in [2.45, 2.75) is 37.6 Å². The van der Waals surface area contributed by atoms with Crippen LogP contribution < -0.4 is 0 Å². The van der Waals surface area contributed by atoms with E-state index in [4.69, 9.17) is 5.11 Å². The Morgan fingerprint density at radius 1 is 1.33 bits per heavy atom. The van der Waals surface area contributed by atoms with Crippen LogP contribution in [0.2, 0.25) is 0 Å². The monoisotopic (exact) mass is 316 g/mol. The van der Waals surface area contributed by atoms with E-state index < -0.39 is 14.9 Å². The number of benzene rings is 1. The number of non-ortho nitro benzene ring substituents is 1. The lowest BCUT2D eigenvalue weighted by molar-refractivity contribution is -0.385. The number of sulfonamides is 1. The summed E-state index contributed by atoms with van der Waals surface area (Å²) in [5, 5.41) is 19.9. The molecule has 0 aliphatic rings. The third-order valence-electron chi connectivity index (χ3n) is 3.31. The zero-order valence-electron chi connectivity index (χ0n) is 12.1. The molecule has 0 heterocycles. The maximum Gasteiger partial charge on any atom is 0.270 e. The van der Waals surface area contributed by atoms with Crippen LogP contribution in [-0.4, -0.2) is 41.9 Å². The van der Waals surface area contributed by atoms with Gasteiger partial charge in [0.2, 0.25) is 10.0 Å². The first-order chi connectivity index (χ1) is 9.88. The number of nitro benzene ring substituents is 1. The molecule has 1 N–H and O–H groups in total. The number of hydrogen-bond donors (Lipinski definition) is 1. The third kappa shape index (κ3) is 3.99. The smallest absolute Gasteiger partial charge is 0.270 e. The summed E-state index contributed by atoms with van der Waals surface area (Å²) in [6.45, 7) is 3.39. The predicted octanol–water partition coefficient (Wildman–Crippen LogP) is 1.77. The second kappa shape index (κ2) is 7.48. The van der Waals surface area contributed by atoms with E-state index in [1.54, 1.807) is 0 Å². The Hall–Kier alpha value is -1.51. The topological polar surface area (TPSA) is 101 Å². The van der Waals surface area contributed by atoms with Crippen LogP contribution >= 0.6 is 0 Å². The summed E-state index contributed by atoms with van der Waals surface area (Å²) in [5.74, 6) is 0. The van der Waals surface area contributed by atoms with Crippen LogP contribution in [0, 0.1) is 10.1 Å². The zero-order valence-corrected chi connectivity index (χ0v) is 12.9. The third-order valence-corrected chi connectivity index (χ3v) is 5.25. The lowest BCUT2D eigenvalue weighted by Crippen LogP contribution is -2.41. The number of nitrogens with zero attached hydrogens (tertiary/aromatic N) is 2. The molecular weight excluding hydrogens is 296 g/mol. The molecule has 0 saturated heterocycles. The Balaban J connectivity index is 3.28. The normalized spacial score (nSPS) is 12.0. The maximum atomic E-state index is 12.6. The van der Waals surface area contributed by atoms with E-state index in [0.717, 1.165) is 6.07 Å². The van der Waals surface area contributed by atoms with E-state index >= 15 is 0 Å². The van der Waals surface area contributed by atoms with Gasteiger partial charge in [0, 0.05) is 24.7 Å². The highest BCUT2D eigenvalue weighted by Crippen LogP contribution is 2.24. The van der Waals surface area contributed by atoms with E-state index in [1.165, 1.54) is 22.5 Å². The quantitative estimate of drug-likeness (QED) is 0.582. The number of nitro groups is 1. The van der Waals surface area contributed by atoms with Gasteiger partial charge >= 0.3 is 0 Å². The molecule has 0 aliphatic carbocycles. The van der Waals surface area contributed by atoms with Crippen molar-refractivity contribution in [3.63, 3.8) is 0 Å². The zero-order chi connectivity index (χ0) is 16.0. The predicted molar refractivity (Wildman–Crippen MR) is 78.4 cm³/mol. The molecule has 0 unspecified atom stereocenters. The molecule has 0 atom stereocenters. The van der Waals surface area contributed by atoms with Crippen LogP contribution in [0.4, 0.5) is 5.69 Å². The van der Waals surface area contributed by atoms with Gasteiger partial charge in [-0.3, -0.25) is 10.1 Å². The van der Waals surface area contributed by atoms with E-state index in [0.29, 0.717) is 12.8 Å². The fourth-order valence-corrected chi connectivity index (χ4v) is 3.99. The number of aliphatic hydroxyl groups excluding tert-OH is 1. The summed E-state index contributed by atoms with van der Waals surface area (Å²) in [4.78, 5) is 10.0. The first kappa shape index (κ1) is 17.5. The van der Waals surface area contributed by atoms with Crippen molar-refractivity contribution in [2.24, 2.45) is 0 Å². The first-order valence-corrected chi connectivity index (χ1v) is 8.19. The van der Waals surface area contributed by atoms with Gasteiger partial charge in [0.25, 0.3) is 5.69 Å². The molecule has 0 amide bonds. The van der Waals surface area contributed by atoms with Crippen molar-refractivity contribution >= 4 is 15.7 Å². The summed E-state index contributed by atoms with van der Waals surface area (Å²) >= 11 is 0. The van der Waals surface area contributed by atoms with Crippen LogP contribution in [0.5, 0.6) is 0 Å². The minimum atomic E-state index is -3.87. The van der Waals surface area contributed by atoms with Gasteiger partial charge in [0.15, 0.2) is 0 Å². The maximum absolute atomic E-state index is 12.6. The van der Waals surface area contributed by atoms with Crippen LogP contribution in [0.15, 0.2) is 29.2 Å². The van der Waals surface area contributed by atoms with Crippen LogP contribution in [-0.2, 0) is 10.0 Å². The van der Waals surface area contributed by atoms with Crippen molar-refractivity contribution in [2.75, 3.05) is 13.2 Å². The van der Waals surface area contributed by atoms with Gasteiger partial charge < -0.3 is 5.11 Å². The molecule has 0 saturated carbocycles. The molecule has 1 aromatic rings. The van der Waals surface area contributed by atoms with Crippen LogP contribution in [0.1, 0.15) is 26.7 Å². The SMILES string of the molecule is CCC(CC)N(CCO)S(=O)(=O)c1cccc([N+](=O)[O-])c1. The Morgan fingerprint density at radius 3 is 2.43 bits per heavy atom. The van der Waals surface area contributed by atoms with Gasteiger partial charge in [-0.2, -0.15) is 4.31 Å². The molecule has 8 heteroatoms. The van der Waals surface area contributed by atoms with Crippen molar-refractivity contribution in [3.8, 4) is 0 Å². The molecule has 1 aromatic carbocycles. The van der Waals surface area contributed by atoms with E-state index in [-0.39, 0.29) is 29.8 Å². The highest BCUT2D eigenvalue weighted by Gasteiger charge is 2.30. The summed E-state index contributed by atoms with van der Waals surface area (Å²) < 4.78 is 26.5. The molecule has 0 aromatic heterocycles. The van der Waals surface area contributed by atoms with E-state index in [1.807, 2.05) is 13.8 Å². The fourth-order valence-electron chi connectivity index (χ4n) is 2.19. The van der Waals surface area contributed by atoms with Gasteiger partial charge in [0.05, 0.1) is 16.4 Å². The lowest BCUT2D eigenvalue weighted by Gasteiger charge is -2.28. The van der Waals surface area contributed by atoms with Crippen molar-refractivity contribution in [3.05, 3.63) is 34.4 Å². The van der Waals surface area contributed by atoms with Crippen LogP contribution in [0.3, 0.4) is 0 Å². The van der Waals surface area contributed by atoms with Gasteiger partial charge in [0.1, 0.15) is 0 Å². The second-order valence-electron chi connectivity index (χ2n) is 4.56. The minimum Gasteiger partial charge on any atom is -0.395 e. The molecule has 0 radical (unpaired) electrons. The molecule has 7 nitrogen and oxygen atoms in total. The molecule has 0 aliphatic heterocycles. The molecule has 0 spiro atoms. The highest BCUT2D eigenvalue weighted by atomic mass is 32.2. The lowest BCUT2D eigenvalue weighted by atomic mass is 10.2. The molecule has 21 heavy (non-hydrogen) atoms. The average molecular weight is 316 g/mol. The van der Waals surface area contributed by atoms with Gasteiger partial charge in [-0.15, -0.1) is 0 Å². The largest absolute Gasteiger partial charge is 0.395 e. The standard InChI is InChI=1S/C13H20N2O5S/c1-3-11(4-2)14(8-9-16)21(19,20)13-7-5-6-12(10-13)15(17)18/h5-7,10-11,16H,3-4,8-9H2,1-2H3. The molecular formula is C13H20N2O5S. The summed E-state index contributed by atoms with van der Waals surface area (Å²) in [6, 6.07) is 4.71. The summed E-state index contributed by atoms with van der Waals surface area (Å²) in [6.07, 6.45) is 1.20. The first-order valence-electron chi connectivity index (χ1n) is 6.75. The molecule has 0 bridgehead atoms. The Kier molecular flexibility index (Phi) is 6.25. The number of aliphatic hydroxyl groups is 1. The van der Waals surface area contributed by atoms with E-state index in [9.17, 15) is 18.5 Å². The van der Waals surface area contributed by atoms with Crippen LogP contribution in [0.25, 0.3) is 0 Å². The molecule has 118 valence electrons. The van der Waals surface area contributed by atoms with Crippen molar-refractivity contribution < 1.29 is 18.4 Å². The van der Waals surface area contributed by atoms with E-state index in [2.05, 4.69) is 0 Å². The van der Waals surface area contributed by atoms with Gasteiger partial charge in [-0.25, -0.2) is 8.42 Å². The van der Waals surface area contributed by atoms with Gasteiger partial charge in [-0.05, 0) is 18.9 Å². The summed E-state index contributed by atoms with van der Waals surface area (Å²) in [7, 11) is -3.87. The minimum absolute atomic E-state index is 0.0304. The van der Waals surface area contributed by atoms with Crippen molar-refractivity contribution in [1.82, 2.24) is 4.31 Å². The van der Waals surface area contributed by atoms with Crippen molar-refractivity contribution in [1.29, 1.82) is 0 Å². The molecule has 0 fully saturated rings. The fraction of sp³-hybridized carbons (Fsp3) is 0.538. The number of rotatable bonds is 8. The second-order valence-corrected chi connectivity index (χ2v) is 6.45. The highest BCUT2D eigenvalue weighted by molar-refractivity contribution is 7.89. The summed E-state index contributed by atoms with van der Waals surface area (Å²) in [5.41, 5.74) is -0.274.